The summed E-state index contributed by atoms with van der Waals surface area (Å²) in [5, 5.41) is 3.65. The van der Waals surface area contributed by atoms with Crippen molar-refractivity contribution >= 4 is 16.8 Å². The van der Waals surface area contributed by atoms with Crippen LogP contribution in [0.4, 0.5) is 4.39 Å². The lowest BCUT2D eigenvalue weighted by Crippen LogP contribution is -2.22. The van der Waals surface area contributed by atoms with Gasteiger partial charge in [0.2, 0.25) is 0 Å². The molecular weight excluding hydrogens is 243 g/mol. The molecule has 19 heavy (non-hydrogen) atoms. The minimum absolute atomic E-state index is 0.277. The molecule has 0 saturated heterocycles. The van der Waals surface area contributed by atoms with E-state index in [2.05, 4.69) is 29.9 Å². The maximum absolute atomic E-state index is 12.6. The van der Waals surface area contributed by atoms with Crippen molar-refractivity contribution in [1.29, 1.82) is 0 Å². The summed E-state index contributed by atoms with van der Waals surface area (Å²) >= 11 is 0. The number of aryl methyl sites for hydroxylation is 3. The van der Waals surface area contributed by atoms with Gasteiger partial charge in [-0.3, -0.25) is 4.79 Å². The lowest BCUT2D eigenvalue weighted by molar-refractivity contribution is -0.119. The molecule has 1 amide bonds. The van der Waals surface area contributed by atoms with Crippen LogP contribution >= 0.6 is 0 Å². The zero-order valence-corrected chi connectivity index (χ0v) is 11.4. The first-order valence-corrected chi connectivity index (χ1v) is 6.11. The van der Waals surface area contributed by atoms with Gasteiger partial charge in [-0.15, -0.1) is 0 Å². The standard InChI is InChI=1S/C15H17FN2O/c1-8-5-12(7-17-15(19)10(3)16)14-13(6-8)9(2)11(4)18-14/h5-6,18H,3,7H2,1-2,4H3,(H,17,19). The quantitative estimate of drug-likeness (QED) is 0.818. The molecule has 2 N–H and O–H groups in total. The summed E-state index contributed by atoms with van der Waals surface area (Å²) in [6.45, 7) is 9.32. The van der Waals surface area contributed by atoms with Gasteiger partial charge in [0.1, 0.15) is 0 Å². The summed E-state index contributed by atoms with van der Waals surface area (Å²) in [6.07, 6.45) is 0. The summed E-state index contributed by atoms with van der Waals surface area (Å²) < 4.78 is 12.6. The molecule has 2 rings (SSSR count). The number of rotatable bonds is 3. The smallest absolute Gasteiger partial charge is 0.279 e. The molecule has 0 aliphatic rings. The van der Waals surface area contributed by atoms with Gasteiger partial charge in [-0.25, -0.2) is 4.39 Å². The van der Waals surface area contributed by atoms with E-state index in [1.54, 1.807) is 0 Å². The number of aromatic nitrogens is 1. The summed E-state index contributed by atoms with van der Waals surface area (Å²) in [5.41, 5.74) is 5.34. The third-order valence-electron chi connectivity index (χ3n) is 3.33. The van der Waals surface area contributed by atoms with E-state index in [9.17, 15) is 9.18 Å². The van der Waals surface area contributed by atoms with E-state index in [0.717, 1.165) is 27.7 Å². The third-order valence-corrected chi connectivity index (χ3v) is 3.33. The minimum atomic E-state index is -0.970. The highest BCUT2D eigenvalue weighted by Crippen LogP contribution is 2.25. The van der Waals surface area contributed by atoms with Crippen molar-refractivity contribution in [2.45, 2.75) is 27.3 Å². The topological polar surface area (TPSA) is 44.9 Å². The summed E-state index contributed by atoms with van der Waals surface area (Å²) in [7, 11) is 0. The highest BCUT2D eigenvalue weighted by Gasteiger charge is 2.11. The van der Waals surface area contributed by atoms with Crippen LogP contribution in [0, 0.1) is 20.8 Å². The summed E-state index contributed by atoms with van der Waals surface area (Å²) in [4.78, 5) is 14.5. The summed E-state index contributed by atoms with van der Waals surface area (Å²) in [5.74, 6) is -1.74. The van der Waals surface area contributed by atoms with Crippen LogP contribution in [0.1, 0.15) is 22.4 Å². The average Bonchev–Trinajstić information content (AvgIpc) is 2.63. The molecule has 4 heteroatoms. The fourth-order valence-corrected chi connectivity index (χ4v) is 2.20. The van der Waals surface area contributed by atoms with Gasteiger partial charge in [0.05, 0.1) is 5.52 Å². The van der Waals surface area contributed by atoms with Gasteiger partial charge in [-0.1, -0.05) is 18.2 Å². The van der Waals surface area contributed by atoms with Crippen LogP contribution in [0.15, 0.2) is 24.5 Å². The first-order chi connectivity index (χ1) is 8.90. The van der Waals surface area contributed by atoms with Crippen molar-refractivity contribution in [2.24, 2.45) is 0 Å². The number of aromatic amines is 1. The monoisotopic (exact) mass is 260 g/mol. The predicted molar refractivity (Wildman–Crippen MR) is 74.6 cm³/mol. The molecule has 0 atom stereocenters. The second-order valence-electron chi connectivity index (χ2n) is 4.81. The van der Waals surface area contributed by atoms with Gasteiger partial charge in [0.15, 0.2) is 5.83 Å². The van der Waals surface area contributed by atoms with E-state index in [4.69, 9.17) is 0 Å². The van der Waals surface area contributed by atoms with Gasteiger partial charge in [-0.2, -0.15) is 0 Å². The molecule has 0 aliphatic carbocycles. The van der Waals surface area contributed by atoms with Crippen LogP contribution in [-0.2, 0) is 11.3 Å². The maximum Gasteiger partial charge on any atom is 0.279 e. The largest absolute Gasteiger partial charge is 0.358 e. The average molecular weight is 260 g/mol. The number of hydrogen-bond acceptors (Lipinski definition) is 1. The van der Waals surface area contributed by atoms with Crippen LogP contribution in [0.5, 0.6) is 0 Å². The van der Waals surface area contributed by atoms with Crippen LogP contribution in [0.3, 0.4) is 0 Å². The first kappa shape index (κ1) is 13.3. The molecule has 0 fully saturated rings. The predicted octanol–water partition coefficient (Wildman–Crippen LogP) is 3.19. The lowest BCUT2D eigenvalue weighted by Gasteiger charge is -2.07. The molecular formula is C15H17FN2O. The van der Waals surface area contributed by atoms with Crippen LogP contribution in [0.2, 0.25) is 0 Å². The molecule has 2 aromatic rings. The Hall–Kier alpha value is -2.10. The Morgan fingerprint density at radius 3 is 2.68 bits per heavy atom. The number of H-pyrrole nitrogens is 1. The van der Waals surface area contributed by atoms with E-state index < -0.39 is 11.7 Å². The lowest BCUT2D eigenvalue weighted by atomic mass is 10.0. The number of hydrogen-bond donors (Lipinski definition) is 2. The van der Waals surface area contributed by atoms with Crippen molar-refractivity contribution in [3.63, 3.8) is 0 Å². The van der Waals surface area contributed by atoms with Crippen molar-refractivity contribution in [3.05, 3.63) is 46.9 Å². The molecule has 3 nitrogen and oxygen atoms in total. The molecule has 0 spiro atoms. The van der Waals surface area contributed by atoms with E-state index in [1.165, 1.54) is 5.56 Å². The fraction of sp³-hybridized carbons (Fsp3) is 0.267. The number of nitrogens with one attached hydrogen (secondary N) is 2. The van der Waals surface area contributed by atoms with Crippen molar-refractivity contribution in [2.75, 3.05) is 0 Å². The molecule has 0 unspecified atom stereocenters. The normalized spacial score (nSPS) is 10.7. The van der Waals surface area contributed by atoms with Crippen molar-refractivity contribution in [3.8, 4) is 0 Å². The number of carbonyl (C=O) groups is 1. The maximum atomic E-state index is 12.6. The Bertz CT molecular complexity index is 670. The highest BCUT2D eigenvalue weighted by atomic mass is 19.1. The molecule has 0 bridgehead atoms. The minimum Gasteiger partial charge on any atom is -0.358 e. The van der Waals surface area contributed by atoms with Gasteiger partial charge >= 0.3 is 0 Å². The molecule has 0 aliphatic heterocycles. The Morgan fingerprint density at radius 2 is 2.05 bits per heavy atom. The van der Waals surface area contributed by atoms with Crippen molar-refractivity contribution in [1.82, 2.24) is 10.3 Å². The SMILES string of the molecule is C=C(F)C(=O)NCc1cc(C)cc2c(C)c(C)[nH]c12. The third kappa shape index (κ3) is 2.52. The Balaban J connectivity index is 2.40. The highest BCUT2D eigenvalue weighted by molar-refractivity contribution is 5.91. The van der Waals surface area contributed by atoms with Gasteiger partial charge < -0.3 is 10.3 Å². The van der Waals surface area contributed by atoms with Crippen molar-refractivity contribution < 1.29 is 9.18 Å². The van der Waals surface area contributed by atoms with Crippen LogP contribution in [-0.4, -0.2) is 10.9 Å². The fourth-order valence-electron chi connectivity index (χ4n) is 2.20. The molecule has 0 saturated carbocycles. The van der Waals surface area contributed by atoms with Crippen LogP contribution in [0.25, 0.3) is 10.9 Å². The zero-order chi connectivity index (χ0) is 14.2. The molecule has 0 radical (unpaired) electrons. The number of benzene rings is 1. The number of halogens is 1. The van der Waals surface area contributed by atoms with Gasteiger partial charge in [0, 0.05) is 17.6 Å². The molecule has 100 valence electrons. The zero-order valence-electron chi connectivity index (χ0n) is 11.4. The first-order valence-electron chi connectivity index (χ1n) is 6.11. The van der Waals surface area contributed by atoms with E-state index in [0.29, 0.717) is 0 Å². The molecule has 1 aromatic carbocycles. The van der Waals surface area contributed by atoms with E-state index in [-0.39, 0.29) is 6.54 Å². The van der Waals surface area contributed by atoms with Gasteiger partial charge in [0.25, 0.3) is 5.91 Å². The number of carbonyl (C=O) groups excluding carboxylic acids is 1. The molecule has 1 aromatic heterocycles. The second-order valence-corrected chi connectivity index (χ2v) is 4.81. The summed E-state index contributed by atoms with van der Waals surface area (Å²) in [6, 6.07) is 4.09. The van der Waals surface area contributed by atoms with Crippen LogP contribution < -0.4 is 5.32 Å². The molecule has 1 heterocycles. The van der Waals surface area contributed by atoms with E-state index >= 15 is 0 Å². The van der Waals surface area contributed by atoms with Gasteiger partial charge in [-0.05, 0) is 38.0 Å². The van der Waals surface area contributed by atoms with E-state index in [1.807, 2.05) is 19.9 Å². The Kier molecular flexibility index (Phi) is 3.42. The second kappa shape index (κ2) is 4.88. The number of amides is 1. The Labute approximate surface area is 111 Å². The Morgan fingerprint density at radius 1 is 1.37 bits per heavy atom. The number of fused-ring (bicyclic) bond motifs is 1.